The molecule has 0 aromatic carbocycles. The maximum atomic E-state index is 11.7. The number of aliphatic carboxylic acids is 2. The van der Waals surface area contributed by atoms with Gasteiger partial charge in [-0.3, -0.25) is 9.59 Å². The van der Waals surface area contributed by atoms with Crippen LogP contribution in [0.5, 0.6) is 0 Å². The molecule has 6 N–H and O–H groups in total. The van der Waals surface area contributed by atoms with Gasteiger partial charge in [0.05, 0.1) is 30.8 Å². The van der Waals surface area contributed by atoms with E-state index in [0.717, 1.165) is 0 Å². The summed E-state index contributed by atoms with van der Waals surface area (Å²) in [7, 11) is 0. The van der Waals surface area contributed by atoms with E-state index in [2.05, 4.69) is 0 Å². The Kier molecular flexibility index (Phi) is 10.7. The van der Waals surface area contributed by atoms with Gasteiger partial charge in [0.15, 0.2) is 0 Å². The summed E-state index contributed by atoms with van der Waals surface area (Å²) in [5, 5.41) is 55.2. The predicted molar refractivity (Wildman–Crippen MR) is 80.8 cm³/mol. The van der Waals surface area contributed by atoms with Crippen molar-refractivity contribution in [3.63, 3.8) is 0 Å². The Morgan fingerprint density at radius 2 is 1.30 bits per heavy atom. The Balaban J connectivity index is 4.67. The monoisotopic (exact) mass is 336 g/mol. The van der Waals surface area contributed by atoms with E-state index in [1.807, 2.05) is 0 Å². The van der Waals surface area contributed by atoms with Crippen LogP contribution in [0, 0.1) is 5.41 Å². The molecule has 0 aliphatic heterocycles. The van der Waals surface area contributed by atoms with E-state index in [0.29, 0.717) is 25.7 Å². The third kappa shape index (κ3) is 8.85. The summed E-state index contributed by atoms with van der Waals surface area (Å²) in [6, 6.07) is 0. The molecule has 0 heterocycles. The van der Waals surface area contributed by atoms with Gasteiger partial charge in [0.1, 0.15) is 0 Å². The largest absolute Gasteiger partial charge is 0.481 e. The quantitative estimate of drug-likeness (QED) is 0.242. The molecule has 0 fully saturated rings. The van der Waals surface area contributed by atoms with Crippen LogP contribution in [-0.4, -0.2) is 68.0 Å². The highest BCUT2D eigenvalue weighted by Crippen LogP contribution is 2.36. The maximum absolute atomic E-state index is 11.7. The van der Waals surface area contributed by atoms with Crippen LogP contribution in [0.4, 0.5) is 0 Å². The van der Waals surface area contributed by atoms with Gasteiger partial charge in [0.25, 0.3) is 0 Å². The first-order valence-electron chi connectivity index (χ1n) is 7.80. The first-order chi connectivity index (χ1) is 10.8. The molecule has 0 saturated carbocycles. The van der Waals surface area contributed by atoms with Crippen LogP contribution in [0.2, 0.25) is 0 Å². The van der Waals surface area contributed by atoms with E-state index >= 15 is 0 Å². The molecular weight excluding hydrogens is 308 g/mol. The molecule has 136 valence electrons. The van der Waals surface area contributed by atoms with Crippen molar-refractivity contribution in [2.24, 2.45) is 5.41 Å². The molecule has 0 aliphatic rings. The smallest absolute Gasteiger partial charge is 0.309 e. The van der Waals surface area contributed by atoms with Gasteiger partial charge in [-0.25, -0.2) is 0 Å². The Morgan fingerprint density at radius 3 is 1.70 bits per heavy atom. The van der Waals surface area contributed by atoms with E-state index in [1.165, 1.54) is 0 Å². The van der Waals surface area contributed by atoms with Gasteiger partial charge in [-0.15, -0.1) is 0 Å². The number of aliphatic hydroxyl groups is 4. The number of carboxylic acids is 2. The van der Waals surface area contributed by atoms with Gasteiger partial charge in [0.2, 0.25) is 0 Å². The summed E-state index contributed by atoms with van der Waals surface area (Å²) in [5.41, 5.74) is -1.43. The summed E-state index contributed by atoms with van der Waals surface area (Å²) < 4.78 is 0. The standard InChI is InChI=1S/C15H28O8/c16-9-11(18)7-15(14(22)23,8-12(19)10-17)6-4-2-1-3-5-13(20)21/h11-12,16-19H,1-10H2,(H,20,21)(H,22,23). The summed E-state index contributed by atoms with van der Waals surface area (Å²) in [6.45, 7) is -1.16. The van der Waals surface area contributed by atoms with Crippen molar-refractivity contribution in [2.45, 2.75) is 63.6 Å². The fourth-order valence-electron chi connectivity index (χ4n) is 2.69. The highest BCUT2D eigenvalue weighted by Gasteiger charge is 2.41. The Bertz CT molecular complexity index is 345. The van der Waals surface area contributed by atoms with Gasteiger partial charge >= 0.3 is 11.9 Å². The lowest BCUT2D eigenvalue weighted by Gasteiger charge is -2.32. The average Bonchev–Trinajstić information content (AvgIpc) is 2.49. The van der Waals surface area contributed by atoms with Crippen LogP contribution in [-0.2, 0) is 9.59 Å². The molecule has 0 bridgehead atoms. The second-order valence-electron chi connectivity index (χ2n) is 5.97. The number of hydrogen-bond donors (Lipinski definition) is 6. The normalized spacial score (nSPS) is 16.5. The molecule has 0 aromatic rings. The van der Waals surface area contributed by atoms with Crippen molar-refractivity contribution in [1.29, 1.82) is 0 Å². The van der Waals surface area contributed by atoms with E-state index in [9.17, 15) is 24.9 Å². The predicted octanol–water partition coefficient (Wildman–Crippen LogP) is -0.0308. The van der Waals surface area contributed by atoms with Gasteiger partial charge < -0.3 is 30.6 Å². The van der Waals surface area contributed by atoms with Crippen LogP contribution in [0.25, 0.3) is 0 Å². The minimum absolute atomic E-state index is 0.0660. The van der Waals surface area contributed by atoms with Crippen LogP contribution >= 0.6 is 0 Å². The lowest BCUT2D eigenvalue weighted by atomic mass is 9.73. The molecule has 2 unspecified atom stereocenters. The summed E-state index contributed by atoms with van der Waals surface area (Å²) in [6.07, 6.45) is -0.362. The number of carboxylic acid groups (broad SMARTS) is 2. The second kappa shape index (κ2) is 11.3. The number of unbranched alkanes of at least 4 members (excludes halogenated alkanes) is 3. The van der Waals surface area contributed by atoms with Crippen molar-refractivity contribution in [2.75, 3.05) is 13.2 Å². The number of aliphatic hydroxyl groups excluding tert-OH is 4. The van der Waals surface area contributed by atoms with Crippen LogP contribution in [0.3, 0.4) is 0 Å². The SMILES string of the molecule is O=C(O)CCCCCCC(CC(O)CO)(CC(O)CO)C(=O)O. The van der Waals surface area contributed by atoms with Gasteiger partial charge in [-0.1, -0.05) is 19.3 Å². The Labute approximate surface area is 135 Å². The van der Waals surface area contributed by atoms with Gasteiger partial charge in [-0.05, 0) is 25.7 Å². The Hall–Kier alpha value is -1.22. The topological polar surface area (TPSA) is 156 Å². The average molecular weight is 336 g/mol. The van der Waals surface area contributed by atoms with Crippen LogP contribution in [0.1, 0.15) is 51.4 Å². The molecule has 0 aliphatic carbocycles. The first kappa shape index (κ1) is 21.8. The molecular formula is C15H28O8. The van der Waals surface area contributed by atoms with Crippen LogP contribution in [0.15, 0.2) is 0 Å². The van der Waals surface area contributed by atoms with E-state index in [1.54, 1.807) is 0 Å². The number of hydrogen-bond acceptors (Lipinski definition) is 6. The zero-order valence-electron chi connectivity index (χ0n) is 13.2. The zero-order valence-corrected chi connectivity index (χ0v) is 13.2. The van der Waals surface area contributed by atoms with Crippen molar-refractivity contribution in [1.82, 2.24) is 0 Å². The minimum Gasteiger partial charge on any atom is -0.481 e. The lowest BCUT2D eigenvalue weighted by molar-refractivity contribution is -0.155. The summed E-state index contributed by atoms with van der Waals surface area (Å²) in [4.78, 5) is 22.1. The molecule has 0 rings (SSSR count). The van der Waals surface area contributed by atoms with E-state index < -0.39 is 42.8 Å². The molecule has 2 atom stereocenters. The zero-order chi connectivity index (χ0) is 17.9. The molecule has 0 aromatic heterocycles. The highest BCUT2D eigenvalue weighted by atomic mass is 16.4. The fraction of sp³-hybridized carbons (Fsp3) is 0.867. The van der Waals surface area contributed by atoms with Crippen molar-refractivity contribution in [3.8, 4) is 0 Å². The summed E-state index contributed by atoms with van der Waals surface area (Å²) in [5.74, 6) is -2.06. The molecule has 0 saturated heterocycles. The van der Waals surface area contributed by atoms with Gasteiger partial charge in [0, 0.05) is 6.42 Å². The summed E-state index contributed by atoms with van der Waals surface area (Å²) >= 11 is 0. The third-order valence-corrected chi connectivity index (χ3v) is 3.92. The van der Waals surface area contributed by atoms with Crippen molar-refractivity contribution < 1.29 is 40.2 Å². The lowest BCUT2D eigenvalue weighted by Crippen LogP contribution is -2.39. The first-order valence-corrected chi connectivity index (χ1v) is 7.80. The third-order valence-electron chi connectivity index (χ3n) is 3.92. The van der Waals surface area contributed by atoms with E-state index in [4.69, 9.17) is 15.3 Å². The highest BCUT2D eigenvalue weighted by molar-refractivity contribution is 5.74. The van der Waals surface area contributed by atoms with Gasteiger partial charge in [-0.2, -0.15) is 0 Å². The molecule has 0 radical (unpaired) electrons. The number of carbonyl (C=O) groups is 2. The van der Waals surface area contributed by atoms with E-state index in [-0.39, 0.29) is 25.7 Å². The number of rotatable bonds is 14. The molecule has 8 heteroatoms. The minimum atomic E-state index is -1.43. The Morgan fingerprint density at radius 1 is 0.826 bits per heavy atom. The molecule has 8 nitrogen and oxygen atoms in total. The second-order valence-corrected chi connectivity index (χ2v) is 5.97. The maximum Gasteiger partial charge on any atom is 0.309 e. The van der Waals surface area contributed by atoms with Crippen molar-refractivity contribution in [3.05, 3.63) is 0 Å². The van der Waals surface area contributed by atoms with Crippen molar-refractivity contribution >= 4 is 11.9 Å². The molecule has 0 amide bonds. The van der Waals surface area contributed by atoms with Crippen LogP contribution < -0.4 is 0 Å². The molecule has 23 heavy (non-hydrogen) atoms. The molecule has 0 spiro atoms. The fourth-order valence-corrected chi connectivity index (χ4v) is 2.69.